The summed E-state index contributed by atoms with van der Waals surface area (Å²) in [4.78, 5) is 14.2. The van der Waals surface area contributed by atoms with Crippen LogP contribution in [0.1, 0.15) is 31.4 Å². The fourth-order valence-corrected chi connectivity index (χ4v) is 2.86. The molecule has 20 heavy (non-hydrogen) atoms. The van der Waals surface area contributed by atoms with Gasteiger partial charge in [-0.3, -0.25) is 9.89 Å². The van der Waals surface area contributed by atoms with Gasteiger partial charge in [0.15, 0.2) is 0 Å². The summed E-state index contributed by atoms with van der Waals surface area (Å²) >= 11 is 0. The lowest BCUT2D eigenvalue weighted by Crippen LogP contribution is -2.59. The molecule has 1 aromatic rings. The van der Waals surface area contributed by atoms with Crippen LogP contribution in [0, 0.1) is 0 Å². The van der Waals surface area contributed by atoms with Crippen LogP contribution in [0.25, 0.3) is 0 Å². The summed E-state index contributed by atoms with van der Waals surface area (Å²) in [6.45, 7) is 5.49. The van der Waals surface area contributed by atoms with Gasteiger partial charge in [-0.25, -0.2) is 0 Å². The summed E-state index contributed by atoms with van der Waals surface area (Å²) in [5.74, 6) is 0.471. The molecule has 1 atom stereocenters. The second-order valence-corrected chi connectivity index (χ2v) is 6.03. The Morgan fingerprint density at radius 1 is 1.60 bits per heavy atom. The van der Waals surface area contributed by atoms with Gasteiger partial charge in [0.1, 0.15) is 6.61 Å². The number of hydrogen-bond acceptors (Lipinski definition) is 4. The van der Waals surface area contributed by atoms with Crippen LogP contribution in [-0.2, 0) is 9.53 Å². The summed E-state index contributed by atoms with van der Waals surface area (Å²) < 4.78 is 5.73. The molecule has 0 radical (unpaired) electrons. The first-order valence-electron chi connectivity index (χ1n) is 7.28. The highest BCUT2D eigenvalue weighted by atomic mass is 16.5. The smallest absolute Gasteiger partial charge is 0.248 e. The van der Waals surface area contributed by atoms with Crippen LogP contribution in [0.5, 0.6) is 0 Å². The molecule has 0 aromatic carbocycles. The Labute approximate surface area is 118 Å². The fraction of sp³-hybridized carbons (Fsp3) is 0.714. The van der Waals surface area contributed by atoms with Gasteiger partial charge in [0.25, 0.3) is 0 Å². The highest BCUT2D eigenvalue weighted by Gasteiger charge is 2.34. The highest BCUT2D eigenvalue weighted by Crippen LogP contribution is 2.25. The van der Waals surface area contributed by atoms with Crippen molar-refractivity contribution in [3.63, 3.8) is 0 Å². The predicted molar refractivity (Wildman–Crippen MR) is 74.4 cm³/mol. The van der Waals surface area contributed by atoms with Crippen molar-refractivity contribution in [1.29, 1.82) is 0 Å². The van der Waals surface area contributed by atoms with Gasteiger partial charge in [-0.2, -0.15) is 5.10 Å². The number of piperidine rings is 1. The van der Waals surface area contributed by atoms with Crippen LogP contribution in [0.15, 0.2) is 12.3 Å². The fourth-order valence-electron chi connectivity index (χ4n) is 2.86. The number of hydrogen-bond donors (Lipinski definition) is 2. The summed E-state index contributed by atoms with van der Waals surface area (Å²) in [5.41, 5.74) is 0.965. The molecule has 3 heterocycles. The maximum Gasteiger partial charge on any atom is 0.248 e. The second kappa shape index (κ2) is 5.54. The van der Waals surface area contributed by atoms with E-state index in [1.54, 1.807) is 6.20 Å². The minimum Gasteiger partial charge on any atom is -0.363 e. The van der Waals surface area contributed by atoms with Crippen LogP contribution in [-0.4, -0.2) is 59.4 Å². The zero-order chi connectivity index (χ0) is 14.0. The number of nitrogens with one attached hydrogen (secondary N) is 2. The third-order valence-corrected chi connectivity index (χ3v) is 4.28. The van der Waals surface area contributed by atoms with Gasteiger partial charge in [0.05, 0.1) is 5.60 Å². The number of carbonyl (C=O) groups is 1. The van der Waals surface area contributed by atoms with Gasteiger partial charge in [-0.1, -0.05) is 0 Å². The molecule has 1 unspecified atom stereocenters. The molecule has 0 saturated carbocycles. The highest BCUT2D eigenvalue weighted by molar-refractivity contribution is 5.77. The molecule has 6 nitrogen and oxygen atoms in total. The quantitative estimate of drug-likeness (QED) is 0.841. The van der Waals surface area contributed by atoms with Crippen molar-refractivity contribution in [2.75, 3.05) is 32.8 Å². The Morgan fingerprint density at radius 3 is 3.10 bits per heavy atom. The molecule has 1 aromatic heterocycles. The zero-order valence-electron chi connectivity index (χ0n) is 11.9. The monoisotopic (exact) mass is 278 g/mol. The minimum atomic E-state index is -0.159. The Hall–Kier alpha value is -1.40. The topological polar surface area (TPSA) is 70.2 Å². The predicted octanol–water partition coefficient (Wildman–Crippen LogP) is 0.494. The molecule has 110 valence electrons. The number of aromatic amines is 1. The molecule has 3 rings (SSSR count). The Bertz CT molecular complexity index is 456. The van der Waals surface area contributed by atoms with Crippen molar-refractivity contribution >= 4 is 5.91 Å². The van der Waals surface area contributed by atoms with Crippen LogP contribution >= 0.6 is 0 Å². The van der Waals surface area contributed by atoms with Gasteiger partial charge in [0.2, 0.25) is 5.91 Å². The van der Waals surface area contributed by atoms with Crippen molar-refractivity contribution in [1.82, 2.24) is 20.4 Å². The normalized spacial score (nSPS) is 25.2. The molecule has 0 aliphatic carbocycles. The summed E-state index contributed by atoms with van der Waals surface area (Å²) in [6, 6.07) is 2.00. The van der Waals surface area contributed by atoms with Gasteiger partial charge < -0.3 is 15.0 Å². The molecular formula is C14H22N4O2. The van der Waals surface area contributed by atoms with Crippen LogP contribution in [0.2, 0.25) is 0 Å². The van der Waals surface area contributed by atoms with Crippen LogP contribution in [0.3, 0.4) is 0 Å². The molecule has 0 bridgehead atoms. The summed E-state index contributed by atoms with van der Waals surface area (Å²) in [7, 11) is 0. The van der Waals surface area contributed by atoms with E-state index in [1.807, 2.05) is 17.9 Å². The van der Waals surface area contributed by atoms with Crippen molar-refractivity contribution < 1.29 is 9.53 Å². The van der Waals surface area contributed by atoms with E-state index >= 15 is 0 Å². The second-order valence-electron chi connectivity index (χ2n) is 6.03. The van der Waals surface area contributed by atoms with Gasteiger partial charge in [0, 0.05) is 44.0 Å². The lowest BCUT2D eigenvalue weighted by molar-refractivity contribution is -0.147. The first-order chi connectivity index (χ1) is 9.66. The lowest BCUT2D eigenvalue weighted by Gasteiger charge is -2.40. The van der Waals surface area contributed by atoms with E-state index in [0.717, 1.165) is 44.7 Å². The van der Waals surface area contributed by atoms with E-state index < -0.39 is 0 Å². The first-order valence-corrected chi connectivity index (χ1v) is 7.28. The molecule has 2 N–H and O–H groups in total. The molecule has 2 saturated heterocycles. The third kappa shape index (κ3) is 2.86. The van der Waals surface area contributed by atoms with E-state index in [9.17, 15) is 4.79 Å². The van der Waals surface area contributed by atoms with Crippen LogP contribution in [0.4, 0.5) is 0 Å². The van der Waals surface area contributed by atoms with Crippen molar-refractivity contribution in [3.8, 4) is 0 Å². The average molecular weight is 278 g/mol. The minimum absolute atomic E-state index is 0.0994. The standard InChI is InChI=1S/C14H22N4O2/c1-14(9-15-10-14)20-8-13(19)18-6-2-3-11(7-18)12-4-5-16-17-12/h4-5,11,15H,2-3,6-10H2,1H3,(H,16,17). The van der Waals surface area contributed by atoms with E-state index in [4.69, 9.17) is 4.74 Å². The number of rotatable bonds is 4. The molecule has 2 aliphatic rings. The number of carbonyl (C=O) groups excluding carboxylic acids is 1. The lowest BCUT2D eigenvalue weighted by atomic mass is 9.95. The molecule has 2 aliphatic heterocycles. The van der Waals surface area contributed by atoms with E-state index in [0.29, 0.717) is 5.92 Å². The first kappa shape index (κ1) is 13.6. The maximum atomic E-state index is 12.3. The third-order valence-electron chi connectivity index (χ3n) is 4.28. The van der Waals surface area contributed by atoms with Gasteiger partial charge >= 0.3 is 0 Å². The van der Waals surface area contributed by atoms with Crippen molar-refractivity contribution in [2.24, 2.45) is 0 Å². The average Bonchev–Trinajstić information content (AvgIpc) is 2.97. The molecule has 1 amide bonds. The number of ether oxygens (including phenoxy) is 1. The number of nitrogens with zero attached hydrogens (tertiary/aromatic N) is 2. The van der Waals surface area contributed by atoms with E-state index in [1.165, 1.54) is 0 Å². The van der Waals surface area contributed by atoms with E-state index in [2.05, 4.69) is 15.5 Å². The maximum absolute atomic E-state index is 12.3. The molecule has 6 heteroatoms. The number of aromatic nitrogens is 2. The Kier molecular flexibility index (Phi) is 3.76. The van der Waals surface area contributed by atoms with Gasteiger partial charge in [-0.05, 0) is 25.8 Å². The Morgan fingerprint density at radius 2 is 2.45 bits per heavy atom. The summed E-state index contributed by atoms with van der Waals surface area (Å²) in [5, 5.41) is 10.2. The van der Waals surface area contributed by atoms with E-state index in [-0.39, 0.29) is 18.1 Å². The number of H-pyrrole nitrogens is 1. The zero-order valence-corrected chi connectivity index (χ0v) is 11.9. The largest absolute Gasteiger partial charge is 0.363 e. The number of amides is 1. The molecule has 2 fully saturated rings. The summed E-state index contributed by atoms with van der Waals surface area (Å²) in [6.07, 6.45) is 3.91. The number of likely N-dealkylation sites (tertiary alicyclic amines) is 1. The molecular weight excluding hydrogens is 256 g/mol. The van der Waals surface area contributed by atoms with Crippen molar-refractivity contribution in [2.45, 2.75) is 31.3 Å². The SMILES string of the molecule is CC1(OCC(=O)N2CCCC(c3ccn[nH]3)C2)CNC1. The van der Waals surface area contributed by atoms with Crippen molar-refractivity contribution in [3.05, 3.63) is 18.0 Å². The van der Waals surface area contributed by atoms with Crippen LogP contribution < -0.4 is 5.32 Å². The Balaban J connectivity index is 1.52. The molecule has 0 spiro atoms. The van der Waals surface area contributed by atoms with Gasteiger partial charge in [-0.15, -0.1) is 0 Å².